The number of carbonyl (C=O) groups is 1. The number of ether oxygens (including phenoxy) is 1. The van der Waals surface area contributed by atoms with Crippen molar-refractivity contribution in [3.63, 3.8) is 0 Å². The van der Waals surface area contributed by atoms with Gasteiger partial charge in [0.15, 0.2) is 5.72 Å². The van der Waals surface area contributed by atoms with Gasteiger partial charge in [-0.3, -0.25) is 4.79 Å². The second-order valence-corrected chi connectivity index (χ2v) is 4.57. The minimum Gasteiger partial charge on any atom is -0.388 e. The van der Waals surface area contributed by atoms with Gasteiger partial charge in [0.25, 0.3) is 0 Å². The summed E-state index contributed by atoms with van der Waals surface area (Å²) in [5.74, 6) is -0.488. The number of aliphatic hydroxyl groups is 3. The van der Waals surface area contributed by atoms with Crippen LogP contribution in [0.1, 0.15) is 13.8 Å². The van der Waals surface area contributed by atoms with Gasteiger partial charge in [-0.25, -0.2) is 0 Å². The van der Waals surface area contributed by atoms with E-state index in [1.54, 1.807) is 0 Å². The van der Waals surface area contributed by atoms with Gasteiger partial charge in [-0.05, 0) is 12.5 Å². The molecule has 0 radical (unpaired) electrons. The lowest BCUT2D eigenvalue weighted by atomic mass is 9.94. The topological polar surface area (TPSA) is 139 Å². The molecule has 2 heterocycles. The van der Waals surface area contributed by atoms with Gasteiger partial charge in [0.1, 0.15) is 30.6 Å². The van der Waals surface area contributed by atoms with E-state index < -0.39 is 42.2 Å². The molecule has 0 spiro atoms. The minimum atomic E-state index is -1.52. The maximum Gasteiger partial charge on any atom is 0.222 e. The highest BCUT2D eigenvalue weighted by molar-refractivity contribution is 5.75. The van der Waals surface area contributed by atoms with Crippen LogP contribution in [0.5, 0.6) is 0 Å². The second kappa shape index (κ2) is 4.08. The van der Waals surface area contributed by atoms with Gasteiger partial charge in [-0.15, -0.1) is 0 Å². The van der Waals surface area contributed by atoms with Crippen LogP contribution in [0.4, 0.5) is 0 Å². The molecule has 0 aromatic carbocycles. The van der Waals surface area contributed by atoms with Gasteiger partial charge in [0.05, 0.1) is 0 Å². The molecule has 2 saturated heterocycles. The fraction of sp³-hybridized carbons (Fsp3) is 0.889. The maximum atomic E-state index is 11.6. The van der Waals surface area contributed by atoms with Crippen molar-refractivity contribution in [2.24, 2.45) is 5.11 Å². The van der Waals surface area contributed by atoms with Gasteiger partial charge >= 0.3 is 0 Å². The van der Waals surface area contributed by atoms with E-state index in [2.05, 4.69) is 10.0 Å². The number of aliphatic hydroxyl groups excluding tert-OH is 3. The maximum absolute atomic E-state index is 11.6. The smallest absolute Gasteiger partial charge is 0.222 e. The van der Waals surface area contributed by atoms with E-state index in [0.717, 1.165) is 4.90 Å². The van der Waals surface area contributed by atoms with Crippen LogP contribution >= 0.6 is 0 Å². The van der Waals surface area contributed by atoms with Crippen LogP contribution in [0.15, 0.2) is 5.11 Å². The molecule has 9 heteroatoms. The number of carbonyl (C=O) groups excluding carboxylic acids is 1. The van der Waals surface area contributed by atoms with Crippen LogP contribution in [0.2, 0.25) is 0 Å². The minimum absolute atomic E-state index is 0.488. The van der Waals surface area contributed by atoms with Crippen molar-refractivity contribution in [3.05, 3.63) is 10.4 Å². The van der Waals surface area contributed by atoms with Crippen molar-refractivity contribution in [2.45, 2.75) is 50.2 Å². The fourth-order valence-corrected chi connectivity index (χ4v) is 2.63. The van der Waals surface area contributed by atoms with E-state index in [9.17, 15) is 20.1 Å². The predicted octanol–water partition coefficient (Wildman–Crippen LogP) is -1.32. The third-order valence-electron chi connectivity index (χ3n) is 3.48. The molecule has 2 aliphatic rings. The SMILES string of the molecule is CC(=O)N1[C@@H](N=[N+]=[N-])[C@@H]2O[C@@]1(C)[C@@H](O)[C@@H](O)[C@@H]2O. The molecule has 0 aromatic rings. The first-order valence-corrected chi connectivity index (χ1v) is 5.40. The summed E-state index contributed by atoms with van der Waals surface area (Å²) in [6, 6.07) is 0. The molecule has 6 atom stereocenters. The first-order chi connectivity index (χ1) is 8.34. The summed E-state index contributed by atoms with van der Waals surface area (Å²) in [6.07, 6.45) is -6.57. The summed E-state index contributed by atoms with van der Waals surface area (Å²) in [7, 11) is 0. The monoisotopic (exact) mass is 258 g/mol. The third-order valence-corrected chi connectivity index (χ3v) is 3.48. The molecule has 18 heavy (non-hydrogen) atoms. The van der Waals surface area contributed by atoms with Crippen molar-refractivity contribution in [3.8, 4) is 0 Å². The molecule has 2 rings (SSSR count). The summed E-state index contributed by atoms with van der Waals surface area (Å²) >= 11 is 0. The number of amides is 1. The van der Waals surface area contributed by atoms with Crippen molar-refractivity contribution in [1.29, 1.82) is 0 Å². The van der Waals surface area contributed by atoms with E-state index in [1.165, 1.54) is 13.8 Å². The van der Waals surface area contributed by atoms with Gasteiger partial charge < -0.3 is 25.0 Å². The Bertz CT molecular complexity index is 425. The number of hydrogen-bond donors (Lipinski definition) is 3. The lowest BCUT2D eigenvalue weighted by molar-refractivity contribution is -0.254. The molecule has 0 saturated carbocycles. The number of hydrogen-bond acceptors (Lipinski definition) is 6. The normalized spacial score (nSPS) is 46.7. The molecule has 0 aromatic heterocycles. The number of rotatable bonds is 1. The standard InChI is InChI=1S/C9H14N4O5/c1-3(14)13-8(11-12-10)6-4(15)5(16)7(17)9(13,2)18-6/h4-8,15-17H,1-2H3/t4-,5-,6+,7-,8+,9-/m0/s1. The Morgan fingerprint density at radius 1 is 1.44 bits per heavy atom. The Labute approximate surface area is 102 Å². The van der Waals surface area contributed by atoms with Crippen molar-refractivity contribution in [1.82, 2.24) is 4.90 Å². The Hall–Kier alpha value is -1.38. The Morgan fingerprint density at radius 2 is 2.06 bits per heavy atom. The molecule has 2 aliphatic heterocycles. The van der Waals surface area contributed by atoms with Gasteiger partial charge in [0, 0.05) is 11.8 Å². The highest BCUT2D eigenvalue weighted by Gasteiger charge is 2.64. The first kappa shape index (κ1) is 13.1. The van der Waals surface area contributed by atoms with Gasteiger partial charge in [-0.2, -0.15) is 0 Å². The molecule has 9 nitrogen and oxygen atoms in total. The molecule has 3 N–H and O–H groups in total. The van der Waals surface area contributed by atoms with Crippen molar-refractivity contribution < 1.29 is 24.9 Å². The summed E-state index contributed by atoms with van der Waals surface area (Å²) in [4.78, 5) is 15.3. The summed E-state index contributed by atoms with van der Waals surface area (Å²) < 4.78 is 5.40. The van der Waals surface area contributed by atoms with E-state index in [0.29, 0.717) is 0 Å². The average Bonchev–Trinajstić information content (AvgIpc) is 2.58. The largest absolute Gasteiger partial charge is 0.388 e. The first-order valence-electron chi connectivity index (χ1n) is 5.40. The quantitative estimate of drug-likeness (QED) is 0.304. The lowest BCUT2D eigenvalue weighted by Crippen LogP contribution is -2.62. The molecular formula is C9H14N4O5. The molecule has 2 fully saturated rings. The summed E-state index contributed by atoms with van der Waals surface area (Å²) in [5, 5.41) is 32.9. The fourth-order valence-electron chi connectivity index (χ4n) is 2.63. The van der Waals surface area contributed by atoms with Crippen LogP contribution in [-0.2, 0) is 9.53 Å². The highest BCUT2D eigenvalue weighted by atomic mass is 16.6. The van der Waals surface area contributed by atoms with Gasteiger partial charge in [-0.1, -0.05) is 5.11 Å². The molecule has 1 amide bonds. The lowest BCUT2D eigenvalue weighted by Gasteiger charge is -2.42. The summed E-state index contributed by atoms with van der Waals surface area (Å²) in [5.41, 5.74) is 6.99. The molecule has 0 aliphatic carbocycles. The van der Waals surface area contributed by atoms with Crippen LogP contribution < -0.4 is 0 Å². The Kier molecular flexibility index (Phi) is 2.96. The van der Waals surface area contributed by atoms with E-state index >= 15 is 0 Å². The predicted molar refractivity (Wildman–Crippen MR) is 56.8 cm³/mol. The van der Waals surface area contributed by atoms with Gasteiger partial charge in [0.2, 0.25) is 5.91 Å². The zero-order valence-electron chi connectivity index (χ0n) is 9.83. The number of fused-ring (bicyclic) bond motifs is 2. The summed E-state index contributed by atoms with van der Waals surface area (Å²) in [6.45, 7) is 2.62. The van der Waals surface area contributed by atoms with Crippen molar-refractivity contribution in [2.75, 3.05) is 0 Å². The average molecular weight is 258 g/mol. The van der Waals surface area contributed by atoms with Crippen LogP contribution in [0.3, 0.4) is 0 Å². The molecule has 2 bridgehead atoms. The number of azide groups is 1. The Balaban J connectivity index is 2.51. The molecular weight excluding hydrogens is 244 g/mol. The van der Waals surface area contributed by atoms with E-state index in [-0.39, 0.29) is 0 Å². The third kappa shape index (κ3) is 1.49. The van der Waals surface area contributed by atoms with Crippen LogP contribution in [0.25, 0.3) is 10.4 Å². The Morgan fingerprint density at radius 3 is 2.56 bits per heavy atom. The zero-order chi connectivity index (χ0) is 13.7. The zero-order valence-corrected chi connectivity index (χ0v) is 9.83. The van der Waals surface area contributed by atoms with E-state index in [4.69, 9.17) is 10.3 Å². The van der Waals surface area contributed by atoms with Crippen LogP contribution in [-0.4, -0.2) is 62.4 Å². The number of nitrogens with zero attached hydrogens (tertiary/aromatic N) is 4. The molecule has 0 unspecified atom stereocenters. The van der Waals surface area contributed by atoms with E-state index in [1.807, 2.05) is 0 Å². The highest BCUT2D eigenvalue weighted by Crippen LogP contribution is 2.43. The second-order valence-electron chi connectivity index (χ2n) is 4.57. The molecule has 100 valence electrons. The van der Waals surface area contributed by atoms with Crippen LogP contribution in [0, 0.1) is 0 Å². The number of likely N-dealkylation sites (tertiary alicyclic amines) is 1. The van der Waals surface area contributed by atoms with Crippen molar-refractivity contribution >= 4 is 5.91 Å².